The van der Waals surface area contributed by atoms with Gasteiger partial charge in [0.25, 0.3) is 0 Å². The van der Waals surface area contributed by atoms with Crippen molar-refractivity contribution in [2.24, 2.45) is 4.99 Å². The Bertz CT molecular complexity index is 1040. The van der Waals surface area contributed by atoms with E-state index in [-0.39, 0.29) is 6.10 Å². The highest BCUT2D eigenvalue weighted by Gasteiger charge is 2.13. The lowest BCUT2D eigenvalue weighted by Crippen LogP contribution is -2.37. The van der Waals surface area contributed by atoms with E-state index in [1.807, 2.05) is 52.8 Å². The van der Waals surface area contributed by atoms with Crippen LogP contribution in [0.25, 0.3) is 0 Å². The Morgan fingerprint density at radius 2 is 1.77 bits per heavy atom. The Balaban J connectivity index is 0.00000391. The standard InChI is InChI=1S/C31H45N5O2.C2H6/c1-7-28(23-37)31(34-25(3)33-8-2)36(6)20-19-35(5)22-26-13-12-14-27(21-26)24-38-30(17-18-32-4)29-15-10-9-11-16-29;1-2/h7,9-16,21,23,30,32H,1,8,17-20,22,24H2,2-6H3,(H,33,34);1-2H3/b31-28-;. The molecule has 0 heterocycles. The topological polar surface area (TPSA) is 69.2 Å². The van der Waals surface area contributed by atoms with Crippen molar-refractivity contribution in [3.8, 4) is 0 Å². The molecule has 0 saturated carbocycles. The molecule has 0 bridgehead atoms. The molecule has 40 heavy (non-hydrogen) atoms. The molecule has 0 aliphatic heterocycles. The van der Waals surface area contributed by atoms with Gasteiger partial charge in [-0.25, -0.2) is 0 Å². The van der Waals surface area contributed by atoms with Gasteiger partial charge in [-0.3, -0.25) is 9.79 Å². The molecule has 1 atom stereocenters. The summed E-state index contributed by atoms with van der Waals surface area (Å²) >= 11 is 0. The van der Waals surface area contributed by atoms with Gasteiger partial charge in [0.05, 0.1) is 24.1 Å². The summed E-state index contributed by atoms with van der Waals surface area (Å²) in [6.07, 6.45) is 3.37. The molecule has 0 aromatic heterocycles. The average molecular weight is 550 g/mol. The number of hydrogen-bond acceptors (Lipinski definition) is 6. The molecule has 2 N–H and O–H groups in total. The molecule has 0 saturated heterocycles. The maximum absolute atomic E-state index is 11.6. The van der Waals surface area contributed by atoms with Crippen LogP contribution in [0.4, 0.5) is 0 Å². The molecule has 2 aromatic carbocycles. The van der Waals surface area contributed by atoms with Crippen molar-refractivity contribution in [3.63, 3.8) is 0 Å². The van der Waals surface area contributed by atoms with Crippen LogP contribution in [-0.2, 0) is 22.7 Å². The number of carbonyl (C=O) groups excluding carboxylic acids is 1. The average Bonchev–Trinajstić information content (AvgIpc) is 2.98. The quantitative estimate of drug-likeness (QED) is 0.0884. The van der Waals surface area contributed by atoms with Gasteiger partial charge >= 0.3 is 0 Å². The highest BCUT2D eigenvalue weighted by molar-refractivity contribution is 5.84. The van der Waals surface area contributed by atoms with E-state index in [4.69, 9.17) is 4.74 Å². The number of aldehydes is 1. The molecular formula is C33H51N5O2. The Hall–Kier alpha value is -3.26. The highest BCUT2D eigenvalue weighted by Crippen LogP contribution is 2.22. The lowest BCUT2D eigenvalue weighted by molar-refractivity contribution is -0.104. The third-order valence-corrected chi connectivity index (χ3v) is 6.24. The van der Waals surface area contributed by atoms with E-state index in [2.05, 4.69) is 82.7 Å². The first-order valence-corrected chi connectivity index (χ1v) is 14.3. The van der Waals surface area contributed by atoms with Gasteiger partial charge in [0.2, 0.25) is 0 Å². The van der Waals surface area contributed by atoms with Gasteiger partial charge in [-0.05, 0) is 57.6 Å². The number of likely N-dealkylation sites (N-methyl/N-ethyl adjacent to an activating group) is 2. The Morgan fingerprint density at radius 1 is 1.07 bits per heavy atom. The van der Waals surface area contributed by atoms with Crippen molar-refractivity contribution in [1.82, 2.24) is 20.4 Å². The van der Waals surface area contributed by atoms with Crippen LogP contribution < -0.4 is 10.6 Å². The van der Waals surface area contributed by atoms with Gasteiger partial charge in [-0.2, -0.15) is 0 Å². The first-order chi connectivity index (χ1) is 19.4. The lowest BCUT2D eigenvalue weighted by atomic mass is 10.1. The second-order valence-corrected chi connectivity index (χ2v) is 9.39. The van der Waals surface area contributed by atoms with Crippen LogP contribution in [-0.4, -0.2) is 69.2 Å². The first-order valence-electron chi connectivity index (χ1n) is 14.3. The van der Waals surface area contributed by atoms with Crippen molar-refractivity contribution in [2.75, 3.05) is 47.3 Å². The summed E-state index contributed by atoms with van der Waals surface area (Å²) in [6, 6.07) is 19.0. The summed E-state index contributed by atoms with van der Waals surface area (Å²) in [5.74, 6) is 1.48. The van der Waals surface area contributed by atoms with Gasteiger partial charge < -0.3 is 25.2 Å². The van der Waals surface area contributed by atoms with E-state index in [1.165, 1.54) is 16.7 Å². The van der Waals surface area contributed by atoms with Crippen LogP contribution in [0.3, 0.4) is 0 Å². The summed E-state index contributed by atoms with van der Waals surface area (Å²) < 4.78 is 6.36. The zero-order valence-electron chi connectivity index (χ0n) is 25.7. The number of carbonyl (C=O) groups is 1. The normalized spacial score (nSPS) is 12.7. The summed E-state index contributed by atoms with van der Waals surface area (Å²) in [7, 11) is 6.04. The summed E-state index contributed by atoms with van der Waals surface area (Å²) in [6.45, 7) is 16.2. The van der Waals surface area contributed by atoms with Crippen LogP contribution in [0.2, 0.25) is 0 Å². The van der Waals surface area contributed by atoms with E-state index < -0.39 is 0 Å². The maximum atomic E-state index is 11.6. The van der Waals surface area contributed by atoms with Crippen molar-refractivity contribution in [1.29, 1.82) is 0 Å². The fourth-order valence-electron chi connectivity index (χ4n) is 4.16. The molecule has 0 spiro atoms. The van der Waals surface area contributed by atoms with Crippen molar-refractivity contribution >= 4 is 12.1 Å². The number of aliphatic imine (C=N–C) groups is 1. The van der Waals surface area contributed by atoms with Gasteiger partial charge in [0.15, 0.2) is 6.29 Å². The lowest BCUT2D eigenvalue weighted by Gasteiger charge is -2.27. The second-order valence-electron chi connectivity index (χ2n) is 9.39. The van der Waals surface area contributed by atoms with E-state index in [1.54, 1.807) is 6.08 Å². The summed E-state index contributed by atoms with van der Waals surface area (Å²) in [5.41, 5.74) is 4.12. The Labute approximate surface area is 243 Å². The SMILES string of the molecule is C=C/C(C=O)=C(\NC(C)=NCC)N(C)CCN(C)Cc1cccc(COC(CCNC)c2ccccc2)c1.CC. The number of nitrogens with one attached hydrogen (secondary N) is 2. The van der Waals surface area contributed by atoms with Gasteiger partial charge in [0.1, 0.15) is 5.82 Å². The molecule has 0 fully saturated rings. The molecule has 2 rings (SSSR count). The Kier molecular flexibility index (Phi) is 17.9. The number of hydrogen-bond donors (Lipinski definition) is 2. The number of allylic oxidation sites excluding steroid dienone is 2. The second kappa shape index (κ2) is 20.6. The number of nitrogens with zero attached hydrogens (tertiary/aromatic N) is 3. The molecule has 7 nitrogen and oxygen atoms in total. The summed E-state index contributed by atoms with van der Waals surface area (Å²) in [4.78, 5) is 20.3. The molecule has 0 amide bonds. The van der Waals surface area contributed by atoms with E-state index >= 15 is 0 Å². The zero-order valence-corrected chi connectivity index (χ0v) is 25.7. The zero-order chi connectivity index (χ0) is 29.8. The van der Waals surface area contributed by atoms with Crippen LogP contribution in [0, 0.1) is 0 Å². The number of benzene rings is 2. The fourth-order valence-corrected chi connectivity index (χ4v) is 4.16. The molecule has 1 unspecified atom stereocenters. The van der Waals surface area contributed by atoms with Gasteiger partial charge in [-0.1, -0.05) is 81.1 Å². The van der Waals surface area contributed by atoms with Crippen LogP contribution in [0.1, 0.15) is 56.9 Å². The number of rotatable bonds is 17. The molecule has 0 aliphatic carbocycles. The monoisotopic (exact) mass is 549 g/mol. The number of ether oxygens (including phenoxy) is 1. The van der Waals surface area contributed by atoms with Gasteiger partial charge in [-0.15, -0.1) is 0 Å². The van der Waals surface area contributed by atoms with E-state index in [9.17, 15) is 4.79 Å². The molecule has 220 valence electrons. The van der Waals surface area contributed by atoms with Crippen molar-refractivity contribution in [2.45, 2.75) is 53.4 Å². The maximum Gasteiger partial charge on any atom is 0.153 e. The third kappa shape index (κ3) is 12.7. The Morgan fingerprint density at radius 3 is 2.40 bits per heavy atom. The number of amidine groups is 1. The van der Waals surface area contributed by atoms with Crippen molar-refractivity contribution in [3.05, 3.63) is 95.3 Å². The minimum Gasteiger partial charge on any atom is -0.369 e. The van der Waals surface area contributed by atoms with Crippen LogP contribution in [0.15, 0.2) is 83.6 Å². The predicted molar refractivity (Wildman–Crippen MR) is 169 cm³/mol. The van der Waals surface area contributed by atoms with Gasteiger partial charge in [0, 0.05) is 33.2 Å². The predicted octanol–water partition coefficient (Wildman–Crippen LogP) is 5.57. The highest BCUT2D eigenvalue weighted by atomic mass is 16.5. The fraction of sp³-hybridized carbons (Fsp3) is 0.455. The molecule has 7 heteroatoms. The third-order valence-electron chi connectivity index (χ3n) is 6.24. The van der Waals surface area contributed by atoms with Crippen LogP contribution >= 0.6 is 0 Å². The van der Waals surface area contributed by atoms with E-state index in [0.717, 1.165) is 44.7 Å². The van der Waals surface area contributed by atoms with Crippen LogP contribution in [0.5, 0.6) is 0 Å². The minimum atomic E-state index is 0.0548. The van der Waals surface area contributed by atoms with E-state index in [0.29, 0.717) is 24.5 Å². The smallest absolute Gasteiger partial charge is 0.153 e. The molecule has 0 radical (unpaired) electrons. The first kappa shape index (κ1) is 34.8. The molecular weight excluding hydrogens is 498 g/mol. The molecule has 0 aliphatic rings. The molecule has 2 aromatic rings. The largest absolute Gasteiger partial charge is 0.369 e. The summed E-state index contributed by atoms with van der Waals surface area (Å²) in [5, 5.41) is 6.49. The van der Waals surface area contributed by atoms with Crippen molar-refractivity contribution < 1.29 is 9.53 Å². The minimum absolute atomic E-state index is 0.0548.